The highest BCUT2D eigenvalue weighted by atomic mass is 16.3. The SMILES string of the molecule is CC(C)NC(C)(CO)CN1CCCC2CCCCC21. The monoisotopic (exact) mass is 268 g/mol. The molecule has 2 aliphatic rings. The minimum absolute atomic E-state index is 0.159. The summed E-state index contributed by atoms with van der Waals surface area (Å²) in [5.74, 6) is 0.921. The molecule has 3 heteroatoms. The Labute approximate surface area is 118 Å². The second kappa shape index (κ2) is 6.55. The fourth-order valence-corrected chi connectivity index (χ4v) is 4.21. The zero-order valence-electron chi connectivity index (χ0n) is 13.0. The number of aliphatic hydroxyl groups is 1. The van der Waals surface area contributed by atoms with E-state index >= 15 is 0 Å². The maximum Gasteiger partial charge on any atom is 0.0623 e. The average molecular weight is 268 g/mol. The zero-order valence-corrected chi connectivity index (χ0v) is 13.0. The summed E-state index contributed by atoms with van der Waals surface area (Å²) in [6, 6.07) is 1.20. The fraction of sp³-hybridized carbons (Fsp3) is 1.00. The third-order valence-electron chi connectivity index (χ3n) is 4.90. The second-order valence-corrected chi connectivity index (χ2v) is 7.24. The van der Waals surface area contributed by atoms with Gasteiger partial charge in [-0.2, -0.15) is 0 Å². The summed E-state index contributed by atoms with van der Waals surface area (Å²) in [7, 11) is 0. The number of likely N-dealkylation sites (tertiary alicyclic amines) is 1. The van der Waals surface area contributed by atoms with E-state index < -0.39 is 0 Å². The Morgan fingerprint density at radius 2 is 1.89 bits per heavy atom. The summed E-state index contributed by atoms with van der Waals surface area (Å²) in [6.07, 6.45) is 8.38. The van der Waals surface area contributed by atoms with Crippen LogP contribution in [-0.4, -0.2) is 47.3 Å². The van der Waals surface area contributed by atoms with Crippen LogP contribution in [0.1, 0.15) is 59.3 Å². The third kappa shape index (κ3) is 3.93. The lowest BCUT2D eigenvalue weighted by Gasteiger charge is -2.47. The highest BCUT2D eigenvalue weighted by Crippen LogP contribution is 2.35. The number of nitrogens with zero attached hydrogens (tertiary/aromatic N) is 1. The molecule has 0 amide bonds. The van der Waals surface area contributed by atoms with Gasteiger partial charge in [0.05, 0.1) is 12.1 Å². The highest BCUT2D eigenvalue weighted by molar-refractivity contribution is 4.94. The maximum absolute atomic E-state index is 9.77. The number of hydrogen-bond acceptors (Lipinski definition) is 3. The van der Waals surface area contributed by atoms with Crippen LogP contribution < -0.4 is 5.32 Å². The van der Waals surface area contributed by atoms with Crippen LogP contribution in [0.25, 0.3) is 0 Å². The van der Waals surface area contributed by atoms with Crippen LogP contribution in [-0.2, 0) is 0 Å². The molecular formula is C16H32N2O. The minimum Gasteiger partial charge on any atom is -0.394 e. The fourth-order valence-electron chi connectivity index (χ4n) is 4.21. The third-order valence-corrected chi connectivity index (χ3v) is 4.90. The highest BCUT2D eigenvalue weighted by Gasteiger charge is 2.36. The van der Waals surface area contributed by atoms with E-state index in [2.05, 4.69) is 31.0 Å². The normalized spacial score (nSPS) is 32.1. The molecule has 1 aliphatic heterocycles. The first-order valence-electron chi connectivity index (χ1n) is 8.17. The van der Waals surface area contributed by atoms with Crippen molar-refractivity contribution < 1.29 is 5.11 Å². The number of hydrogen-bond donors (Lipinski definition) is 2. The lowest BCUT2D eigenvalue weighted by molar-refractivity contribution is 0.0231. The lowest BCUT2D eigenvalue weighted by atomic mass is 9.78. The van der Waals surface area contributed by atoms with E-state index in [0.717, 1.165) is 18.5 Å². The zero-order chi connectivity index (χ0) is 13.9. The van der Waals surface area contributed by atoms with Crippen molar-refractivity contribution in [2.24, 2.45) is 5.92 Å². The van der Waals surface area contributed by atoms with Gasteiger partial charge in [0, 0.05) is 18.6 Å². The molecular weight excluding hydrogens is 236 g/mol. The smallest absolute Gasteiger partial charge is 0.0623 e. The molecule has 1 saturated heterocycles. The Bertz CT molecular complexity index is 280. The first-order valence-corrected chi connectivity index (χ1v) is 8.17. The Hall–Kier alpha value is -0.120. The van der Waals surface area contributed by atoms with Crippen molar-refractivity contribution in [3.05, 3.63) is 0 Å². The van der Waals surface area contributed by atoms with Crippen LogP contribution in [0, 0.1) is 5.92 Å². The summed E-state index contributed by atoms with van der Waals surface area (Å²) < 4.78 is 0. The van der Waals surface area contributed by atoms with Gasteiger partial charge in [0.1, 0.15) is 0 Å². The van der Waals surface area contributed by atoms with E-state index in [1.54, 1.807) is 0 Å². The standard InChI is InChI=1S/C16H32N2O/c1-13(2)17-16(3,12-19)11-18-10-6-8-14-7-4-5-9-15(14)18/h13-15,17,19H,4-12H2,1-3H3. The molecule has 2 fully saturated rings. The van der Waals surface area contributed by atoms with Gasteiger partial charge in [-0.05, 0) is 45.1 Å². The number of aliphatic hydroxyl groups excluding tert-OH is 1. The number of nitrogens with one attached hydrogen (secondary N) is 1. The van der Waals surface area contributed by atoms with E-state index in [1.165, 1.54) is 45.1 Å². The Balaban J connectivity index is 1.99. The summed E-state index contributed by atoms with van der Waals surface area (Å²) in [6.45, 7) is 8.92. The van der Waals surface area contributed by atoms with Crippen molar-refractivity contribution in [2.75, 3.05) is 19.7 Å². The van der Waals surface area contributed by atoms with Gasteiger partial charge >= 0.3 is 0 Å². The molecule has 0 aromatic heterocycles. The molecule has 0 spiro atoms. The number of piperidine rings is 1. The molecule has 1 aliphatic carbocycles. The van der Waals surface area contributed by atoms with E-state index in [9.17, 15) is 5.11 Å². The predicted molar refractivity (Wildman–Crippen MR) is 80.3 cm³/mol. The molecule has 3 atom stereocenters. The molecule has 0 aromatic rings. The molecule has 3 nitrogen and oxygen atoms in total. The summed E-state index contributed by atoms with van der Waals surface area (Å²) in [5.41, 5.74) is -0.159. The molecule has 0 aromatic carbocycles. The topological polar surface area (TPSA) is 35.5 Å². The van der Waals surface area contributed by atoms with E-state index in [4.69, 9.17) is 0 Å². The van der Waals surface area contributed by atoms with Crippen LogP contribution in [0.3, 0.4) is 0 Å². The van der Waals surface area contributed by atoms with Gasteiger partial charge < -0.3 is 10.4 Å². The Morgan fingerprint density at radius 1 is 1.21 bits per heavy atom. The van der Waals surface area contributed by atoms with Crippen molar-refractivity contribution in [1.82, 2.24) is 10.2 Å². The van der Waals surface area contributed by atoms with Crippen molar-refractivity contribution in [3.63, 3.8) is 0 Å². The number of fused-ring (bicyclic) bond motifs is 1. The van der Waals surface area contributed by atoms with Crippen LogP contribution in [0.15, 0.2) is 0 Å². The predicted octanol–water partition coefficient (Wildman–Crippen LogP) is 2.39. The Morgan fingerprint density at radius 3 is 2.58 bits per heavy atom. The van der Waals surface area contributed by atoms with Crippen molar-refractivity contribution in [2.45, 2.75) is 76.9 Å². The minimum atomic E-state index is -0.159. The molecule has 3 unspecified atom stereocenters. The Kier molecular flexibility index (Phi) is 5.27. The maximum atomic E-state index is 9.77. The molecule has 112 valence electrons. The first kappa shape index (κ1) is 15.3. The quantitative estimate of drug-likeness (QED) is 0.803. The number of rotatable bonds is 5. The average Bonchev–Trinajstić information content (AvgIpc) is 2.38. The van der Waals surface area contributed by atoms with Crippen LogP contribution >= 0.6 is 0 Å². The first-order chi connectivity index (χ1) is 9.04. The van der Waals surface area contributed by atoms with Gasteiger partial charge in [-0.15, -0.1) is 0 Å². The molecule has 0 bridgehead atoms. The van der Waals surface area contributed by atoms with E-state index in [-0.39, 0.29) is 12.1 Å². The largest absolute Gasteiger partial charge is 0.394 e. The summed E-state index contributed by atoms with van der Waals surface area (Å²) >= 11 is 0. The molecule has 2 rings (SSSR count). The second-order valence-electron chi connectivity index (χ2n) is 7.24. The van der Waals surface area contributed by atoms with Gasteiger partial charge in [-0.1, -0.05) is 26.7 Å². The van der Waals surface area contributed by atoms with E-state index in [0.29, 0.717) is 6.04 Å². The lowest BCUT2D eigenvalue weighted by Crippen LogP contribution is -2.60. The van der Waals surface area contributed by atoms with Crippen LogP contribution in [0.4, 0.5) is 0 Å². The van der Waals surface area contributed by atoms with E-state index in [1.807, 2.05) is 0 Å². The summed E-state index contributed by atoms with van der Waals surface area (Å²) in [5, 5.41) is 13.3. The molecule has 0 radical (unpaired) electrons. The van der Waals surface area contributed by atoms with Crippen molar-refractivity contribution in [3.8, 4) is 0 Å². The molecule has 2 N–H and O–H groups in total. The molecule has 1 heterocycles. The van der Waals surface area contributed by atoms with Gasteiger partial charge in [-0.25, -0.2) is 0 Å². The van der Waals surface area contributed by atoms with Gasteiger partial charge in [0.15, 0.2) is 0 Å². The summed E-state index contributed by atoms with van der Waals surface area (Å²) in [4.78, 5) is 2.67. The molecule has 1 saturated carbocycles. The van der Waals surface area contributed by atoms with Gasteiger partial charge in [-0.3, -0.25) is 4.90 Å². The van der Waals surface area contributed by atoms with Crippen LogP contribution in [0.2, 0.25) is 0 Å². The van der Waals surface area contributed by atoms with Crippen molar-refractivity contribution >= 4 is 0 Å². The molecule has 19 heavy (non-hydrogen) atoms. The van der Waals surface area contributed by atoms with Gasteiger partial charge in [0.25, 0.3) is 0 Å². The van der Waals surface area contributed by atoms with Crippen molar-refractivity contribution in [1.29, 1.82) is 0 Å². The van der Waals surface area contributed by atoms with Gasteiger partial charge in [0.2, 0.25) is 0 Å². The van der Waals surface area contributed by atoms with Crippen LogP contribution in [0.5, 0.6) is 0 Å².